The van der Waals surface area contributed by atoms with Crippen molar-refractivity contribution in [1.82, 2.24) is 9.88 Å². The summed E-state index contributed by atoms with van der Waals surface area (Å²) < 4.78 is 0. The van der Waals surface area contributed by atoms with Crippen molar-refractivity contribution in [2.24, 2.45) is 0 Å². The number of aliphatic hydroxyl groups is 1. The molecule has 94 valence electrons. The molecule has 1 fully saturated rings. The first kappa shape index (κ1) is 12.2. The highest BCUT2D eigenvalue weighted by molar-refractivity contribution is 5.79. The molecule has 4 nitrogen and oxygen atoms in total. The maximum absolute atomic E-state index is 12.2. The Hall–Kier alpha value is -1.29. The van der Waals surface area contributed by atoms with E-state index in [2.05, 4.69) is 4.98 Å². The average molecular weight is 236 g/mol. The summed E-state index contributed by atoms with van der Waals surface area (Å²) in [6.45, 7) is 4.68. The smallest absolute Gasteiger partial charge is 0.228 e. The van der Waals surface area contributed by atoms with Gasteiger partial charge in [0.05, 0.1) is 12.5 Å². The number of likely N-dealkylation sites (tertiary alicyclic amines) is 1. The highest BCUT2D eigenvalue weighted by atomic mass is 16.3. The van der Waals surface area contributed by atoms with Gasteiger partial charge in [0.2, 0.25) is 5.91 Å². The van der Waals surface area contributed by atoms with E-state index in [1.54, 1.807) is 0 Å². The van der Waals surface area contributed by atoms with E-state index < -0.39 is 0 Å². The molecule has 0 aromatic carbocycles. The second-order valence-corrected chi connectivity index (χ2v) is 5.38. The summed E-state index contributed by atoms with van der Waals surface area (Å²) in [6.07, 6.45) is 3.29. The average Bonchev–Trinajstić information content (AvgIpc) is 2.68. The van der Waals surface area contributed by atoms with Gasteiger partial charge in [-0.1, -0.05) is 0 Å². The molecule has 1 saturated heterocycles. The molecule has 0 saturated carbocycles. The molecule has 1 atom stereocenters. The molecule has 0 radical (unpaired) electrons. The van der Waals surface area contributed by atoms with Crippen LogP contribution in [0.25, 0.3) is 0 Å². The number of H-pyrrole nitrogens is 1. The molecule has 2 N–H and O–H groups in total. The second kappa shape index (κ2) is 4.53. The number of aromatic amines is 1. The van der Waals surface area contributed by atoms with Gasteiger partial charge in [0.25, 0.3) is 0 Å². The van der Waals surface area contributed by atoms with Crippen LogP contribution in [0.2, 0.25) is 0 Å². The van der Waals surface area contributed by atoms with Crippen molar-refractivity contribution in [3.63, 3.8) is 0 Å². The molecule has 17 heavy (non-hydrogen) atoms. The first-order valence-electron chi connectivity index (χ1n) is 6.10. The van der Waals surface area contributed by atoms with Crippen molar-refractivity contribution in [2.75, 3.05) is 6.54 Å². The monoisotopic (exact) mass is 236 g/mol. The van der Waals surface area contributed by atoms with Crippen LogP contribution in [0.3, 0.4) is 0 Å². The Kier molecular flexibility index (Phi) is 3.24. The SMILES string of the molecule is CC1(C)CC(O)CCN1C(=O)Cc1ccc[nH]1. The molecule has 4 heteroatoms. The molecular weight excluding hydrogens is 216 g/mol. The molecule has 0 aliphatic carbocycles. The number of amides is 1. The van der Waals surface area contributed by atoms with Crippen LogP contribution in [-0.2, 0) is 11.2 Å². The number of aliphatic hydroxyl groups excluding tert-OH is 1. The van der Waals surface area contributed by atoms with Gasteiger partial charge in [0, 0.05) is 24.0 Å². The minimum atomic E-state index is -0.278. The molecule has 2 rings (SSSR count). The van der Waals surface area contributed by atoms with Crippen molar-refractivity contribution in [3.05, 3.63) is 24.0 Å². The number of hydrogen-bond acceptors (Lipinski definition) is 2. The summed E-state index contributed by atoms with van der Waals surface area (Å²) in [7, 11) is 0. The van der Waals surface area contributed by atoms with Crippen LogP contribution in [0.15, 0.2) is 18.3 Å². The summed E-state index contributed by atoms with van der Waals surface area (Å²) in [6, 6.07) is 3.82. The molecule has 1 aromatic rings. The quantitative estimate of drug-likeness (QED) is 0.813. The van der Waals surface area contributed by atoms with E-state index in [1.807, 2.05) is 37.1 Å². The van der Waals surface area contributed by atoms with E-state index in [-0.39, 0.29) is 17.6 Å². The topological polar surface area (TPSA) is 56.3 Å². The van der Waals surface area contributed by atoms with Crippen LogP contribution in [-0.4, -0.2) is 39.1 Å². The molecule has 1 unspecified atom stereocenters. The number of aromatic nitrogens is 1. The maximum atomic E-state index is 12.2. The van der Waals surface area contributed by atoms with Gasteiger partial charge in [-0.05, 0) is 38.8 Å². The number of nitrogens with zero attached hydrogens (tertiary/aromatic N) is 1. The largest absolute Gasteiger partial charge is 0.393 e. The van der Waals surface area contributed by atoms with Gasteiger partial charge < -0.3 is 15.0 Å². The number of hydrogen-bond donors (Lipinski definition) is 2. The lowest BCUT2D eigenvalue weighted by molar-refractivity contribution is -0.140. The Labute approximate surface area is 102 Å². The highest BCUT2D eigenvalue weighted by Gasteiger charge is 2.36. The molecule has 0 spiro atoms. The van der Waals surface area contributed by atoms with Gasteiger partial charge in [0.1, 0.15) is 0 Å². The van der Waals surface area contributed by atoms with Crippen molar-refractivity contribution in [1.29, 1.82) is 0 Å². The predicted molar refractivity (Wildman–Crippen MR) is 65.5 cm³/mol. The number of nitrogens with one attached hydrogen (secondary N) is 1. The number of carbonyl (C=O) groups is 1. The molecule has 1 aliphatic rings. The van der Waals surface area contributed by atoms with Gasteiger partial charge in [-0.2, -0.15) is 0 Å². The molecule has 2 heterocycles. The molecular formula is C13H20N2O2. The van der Waals surface area contributed by atoms with E-state index in [1.165, 1.54) is 0 Å². The zero-order chi connectivity index (χ0) is 12.5. The maximum Gasteiger partial charge on any atom is 0.228 e. The first-order valence-corrected chi connectivity index (χ1v) is 6.10. The van der Waals surface area contributed by atoms with E-state index >= 15 is 0 Å². The fraction of sp³-hybridized carbons (Fsp3) is 0.615. The number of carbonyl (C=O) groups excluding carboxylic acids is 1. The lowest BCUT2D eigenvalue weighted by Crippen LogP contribution is -2.54. The summed E-state index contributed by atoms with van der Waals surface area (Å²) >= 11 is 0. The predicted octanol–water partition coefficient (Wildman–Crippen LogP) is 1.32. The van der Waals surface area contributed by atoms with Crippen LogP contribution < -0.4 is 0 Å². The Morgan fingerprint density at radius 2 is 2.41 bits per heavy atom. The molecule has 1 aromatic heterocycles. The Morgan fingerprint density at radius 3 is 3.00 bits per heavy atom. The normalized spacial score (nSPS) is 23.7. The van der Waals surface area contributed by atoms with Crippen LogP contribution >= 0.6 is 0 Å². The van der Waals surface area contributed by atoms with Gasteiger partial charge in [-0.25, -0.2) is 0 Å². The van der Waals surface area contributed by atoms with Crippen molar-refractivity contribution in [3.8, 4) is 0 Å². The highest BCUT2D eigenvalue weighted by Crippen LogP contribution is 2.28. The van der Waals surface area contributed by atoms with E-state index in [0.717, 1.165) is 5.69 Å². The summed E-state index contributed by atoms with van der Waals surface area (Å²) in [5.41, 5.74) is 0.693. The standard InChI is InChI=1S/C13H20N2O2/c1-13(2)9-11(16)5-7-15(13)12(17)8-10-4-3-6-14-10/h3-4,6,11,14,16H,5,7-9H2,1-2H3. The van der Waals surface area contributed by atoms with Crippen LogP contribution in [0, 0.1) is 0 Å². The van der Waals surface area contributed by atoms with Crippen LogP contribution in [0.5, 0.6) is 0 Å². The second-order valence-electron chi connectivity index (χ2n) is 5.38. The third-order valence-electron chi connectivity index (χ3n) is 3.46. The fourth-order valence-corrected chi connectivity index (χ4v) is 2.57. The summed E-state index contributed by atoms with van der Waals surface area (Å²) in [4.78, 5) is 17.1. The number of rotatable bonds is 2. The first-order chi connectivity index (χ1) is 7.99. The zero-order valence-electron chi connectivity index (χ0n) is 10.4. The van der Waals surface area contributed by atoms with Gasteiger partial charge in [0.15, 0.2) is 0 Å². The van der Waals surface area contributed by atoms with Gasteiger partial charge in [-0.3, -0.25) is 4.79 Å². The van der Waals surface area contributed by atoms with E-state index in [4.69, 9.17) is 0 Å². The van der Waals surface area contributed by atoms with Crippen molar-refractivity contribution < 1.29 is 9.90 Å². The summed E-state index contributed by atoms with van der Waals surface area (Å²) in [5, 5.41) is 9.66. The molecule has 1 amide bonds. The fourth-order valence-electron chi connectivity index (χ4n) is 2.57. The lowest BCUT2D eigenvalue weighted by atomic mass is 9.88. The molecule has 1 aliphatic heterocycles. The Balaban J connectivity index is 2.04. The van der Waals surface area contributed by atoms with Crippen LogP contribution in [0.4, 0.5) is 0 Å². The van der Waals surface area contributed by atoms with Gasteiger partial charge in [-0.15, -0.1) is 0 Å². The van der Waals surface area contributed by atoms with E-state index in [0.29, 0.717) is 25.8 Å². The Bertz CT molecular complexity index is 384. The van der Waals surface area contributed by atoms with Crippen LogP contribution in [0.1, 0.15) is 32.4 Å². The lowest BCUT2D eigenvalue weighted by Gasteiger charge is -2.44. The minimum absolute atomic E-state index is 0.129. The third-order valence-corrected chi connectivity index (χ3v) is 3.46. The summed E-state index contributed by atoms with van der Waals surface area (Å²) in [5.74, 6) is 0.129. The minimum Gasteiger partial charge on any atom is -0.393 e. The Morgan fingerprint density at radius 1 is 1.65 bits per heavy atom. The third kappa shape index (κ3) is 2.69. The number of piperidine rings is 1. The van der Waals surface area contributed by atoms with Crippen molar-refractivity contribution in [2.45, 2.75) is 44.8 Å². The molecule has 0 bridgehead atoms. The van der Waals surface area contributed by atoms with Gasteiger partial charge >= 0.3 is 0 Å². The zero-order valence-corrected chi connectivity index (χ0v) is 10.4. The van der Waals surface area contributed by atoms with Crippen molar-refractivity contribution >= 4 is 5.91 Å². The van der Waals surface area contributed by atoms with E-state index in [9.17, 15) is 9.90 Å².